The number of ether oxygens (including phenoxy) is 1. The molecule has 1 heterocycles. The van der Waals surface area contributed by atoms with Crippen LogP contribution in [0.4, 0.5) is 9.18 Å². The predicted molar refractivity (Wildman–Crippen MR) is 79.2 cm³/mol. The third kappa shape index (κ3) is 2.94. The molecule has 1 aromatic carbocycles. The van der Waals surface area contributed by atoms with Crippen LogP contribution in [-0.4, -0.2) is 51.6 Å². The Morgan fingerprint density at radius 2 is 1.95 bits per heavy atom. The number of carbonyl (C=O) groups is 1. The highest BCUT2D eigenvalue weighted by Gasteiger charge is 2.59. The van der Waals surface area contributed by atoms with Crippen molar-refractivity contribution in [2.45, 2.75) is 44.9 Å². The molecule has 0 aromatic heterocycles. The number of hydrogen-bond donors (Lipinski definition) is 2. The van der Waals surface area contributed by atoms with Crippen molar-refractivity contribution < 1.29 is 28.6 Å². The van der Waals surface area contributed by atoms with Crippen molar-refractivity contribution in [3.05, 3.63) is 30.1 Å². The highest BCUT2D eigenvalue weighted by molar-refractivity contribution is 5.58. The first-order valence-corrected chi connectivity index (χ1v) is 7.34. The van der Waals surface area contributed by atoms with E-state index in [0.717, 1.165) is 0 Å². The molecule has 122 valence electrons. The number of amides is 1. The van der Waals surface area contributed by atoms with Crippen molar-refractivity contribution in [1.82, 2.24) is 0 Å². The fourth-order valence-corrected chi connectivity index (χ4v) is 3.31. The second-order valence-corrected chi connectivity index (χ2v) is 6.81. The van der Waals surface area contributed by atoms with Crippen LogP contribution in [0.5, 0.6) is 5.75 Å². The quantitative estimate of drug-likeness (QED) is 0.842. The zero-order valence-electron chi connectivity index (χ0n) is 13.1. The molecule has 0 spiro atoms. The van der Waals surface area contributed by atoms with E-state index in [-0.39, 0.29) is 29.5 Å². The number of nitrogens with zero attached hydrogens (tertiary/aromatic N) is 1. The summed E-state index contributed by atoms with van der Waals surface area (Å²) in [5.74, 6) is 0.134. The molecule has 2 N–H and O–H groups in total. The molecule has 0 aliphatic carbocycles. The molecule has 0 saturated carbocycles. The van der Waals surface area contributed by atoms with Crippen molar-refractivity contribution in [3.63, 3.8) is 0 Å². The molecule has 1 aromatic rings. The fourth-order valence-electron chi connectivity index (χ4n) is 3.31. The molecule has 2 rings (SSSR count). The molecule has 1 saturated heterocycles. The molecule has 1 aliphatic rings. The third-order valence-corrected chi connectivity index (χ3v) is 4.46. The van der Waals surface area contributed by atoms with Crippen LogP contribution < -0.4 is 4.74 Å². The van der Waals surface area contributed by atoms with Gasteiger partial charge in [0.25, 0.3) is 0 Å². The van der Waals surface area contributed by atoms with Gasteiger partial charge in [0.05, 0.1) is 0 Å². The SMILES string of the molecule is CC(C)(C)[N+]1(C(=O)O)C[C@@H](O)C[C@@H]1COc1ccc(F)cc1. The summed E-state index contributed by atoms with van der Waals surface area (Å²) in [6, 6.07) is 5.24. The van der Waals surface area contributed by atoms with Crippen LogP contribution in [0.15, 0.2) is 24.3 Å². The second-order valence-electron chi connectivity index (χ2n) is 6.81. The highest BCUT2D eigenvalue weighted by Crippen LogP contribution is 2.37. The Balaban J connectivity index is 2.20. The largest absolute Gasteiger partial charge is 0.514 e. The summed E-state index contributed by atoms with van der Waals surface area (Å²) in [5, 5.41) is 19.8. The van der Waals surface area contributed by atoms with Crippen LogP contribution in [0.1, 0.15) is 27.2 Å². The Labute approximate surface area is 129 Å². The number of rotatable bonds is 3. The minimum atomic E-state index is -0.961. The van der Waals surface area contributed by atoms with Crippen LogP contribution in [0, 0.1) is 5.82 Å². The van der Waals surface area contributed by atoms with Gasteiger partial charge in [-0.1, -0.05) is 0 Å². The van der Waals surface area contributed by atoms with Crippen LogP contribution >= 0.6 is 0 Å². The maximum absolute atomic E-state index is 12.9. The zero-order valence-corrected chi connectivity index (χ0v) is 13.1. The number of likely N-dealkylation sites (tertiary alicyclic amines) is 1. The van der Waals surface area contributed by atoms with Crippen molar-refractivity contribution >= 4 is 6.09 Å². The molecule has 22 heavy (non-hydrogen) atoms. The lowest BCUT2D eigenvalue weighted by atomic mass is 10.00. The lowest BCUT2D eigenvalue weighted by Gasteiger charge is -2.44. The normalized spacial score (nSPS) is 28.6. The van der Waals surface area contributed by atoms with Gasteiger partial charge in [-0.3, -0.25) is 0 Å². The molecule has 5 nitrogen and oxygen atoms in total. The van der Waals surface area contributed by atoms with Crippen LogP contribution in [0.25, 0.3) is 0 Å². The van der Waals surface area contributed by atoms with Crippen LogP contribution in [0.3, 0.4) is 0 Å². The molecule has 0 radical (unpaired) electrons. The summed E-state index contributed by atoms with van der Waals surface area (Å²) in [7, 11) is 0. The first-order valence-electron chi connectivity index (χ1n) is 7.34. The van der Waals surface area contributed by atoms with E-state index < -0.39 is 17.7 Å². The van der Waals surface area contributed by atoms with Crippen LogP contribution in [0.2, 0.25) is 0 Å². The smallest absolute Gasteiger partial charge is 0.487 e. The summed E-state index contributed by atoms with van der Waals surface area (Å²) in [6.07, 6.45) is -1.26. The van der Waals surface area contributed by atoms with Gasteiger partial charge in [0, 0.05) is 6.42 Å². The van der Waals surface area contributed by atoms with Gasteiger partial charge in [-0.2, -0.15) is 4.79 Å². The van der Waals surface area contributed by atoms with Gasteiger partial charge in [0.2, 0.25) is 0 Å². The number of hydrogen-bond acceptors (Lipinski definition) is 3. The molecular weight excluding hydrogens is 289 g/mol. The van der Waals surface area contributed by atoms with Gasteiger partial charge in [0.15, 0.2) is 0 Å². The Morgan fingerprint density at radius 1 is 1.36 bits per heavy atom. The van der Waals surface area contributed by atoms with Gasteiger partial charge in [-0.05, 0) is 45.0 Å². The van der Waals surface area contributed by atoms with Crippen LogP contribution in [-0.2, 0) is 0 Å². The highest BCUT2D eigenvalue weighted by atomic mass is 19.1. The maximum atomic E-state index is 12.9. The number of carboxylic acid groups (broad SMARTS) is 1. The minimum Gasteiger partial charge on any atom is -0.487 e. The van der Waals surface area contributed by atoms with Crippen molar-refractivity contribution in [1.29, 1.82) is 0 Å². The molecular formula is C16H23FNO4+. The van der Waals surface area contributed by atoms with E-state index in [1.54, 1.807) is 0 Å². The Morgan fingerprint density at radius 3 is 2.45 bits per heavy atom. The van der Waals surface area contributed by atoms with Crippen molar-refractivity contribution in [2.75, 3.05) is 13.2 Å². The van der Waals surface area contributed by atoms with Crippen molar-refractivity contribution in [2.24, 2.45) is 0 Å². The monoisotopic (exact) mass is 312 g/mol. The number of benzene rings is 1. The maximum Gasteiger partial charge on any atom is 0.514 e. The summed E-state index contributed by atoms with van der Waals surface area (Å²) in [5.41, 5.74) is -0.569. The number of aliphatic hydroxyl groups excluding tert-OH is 1. The van der Waals surface area contributed by atoms with Crippen molar-refractivity contribution in [3.8, 4) is 5.75 Å². The summed E-state index contributed by atoms with van der Waals surface area (Å²) >= 11 is 0. The summed E-state index contributed by atoms with van der Waals surface area (Å²) < 4.78 is 18.3. The molecule has 1 aliphatic heterocycles. The number of quaternary nitrogens is 1. The van der Waals surface area contributed by atoms with E-state index in [0.29, 0.717) is 12.2 Å². The summed E-state index contributed by atoms with van der Waals surface area (Å²) in [6.45, 7) is 5.88. The van der Waals surface area contributed by atoms with Gasteiger partial charge in [-0.15, -0.1) is 0 Å². The zero-order chi connectivity index (χ0) is 16.5. The molecule has 0 bridgehead atoms. The standard InChI is InChI=1S/C16H22FNO4/c1-16(2,3)18(15(20)21)9-13(19)8-12(18)10-22-14-6-4-11(17)5-7-14/h4-7,12-13,19H,8-10H2,1-3H3/p+1/t12-,13+,18?/m1/s1. The third-order valence-electron chi connectivity index (χ3n) is 4.46. The van der Waals surface area contributed by atoms with Gasteiger partial charge >= 0.3 is 6.09 Å². The van der Waals surface area contributed by atoms with E-state index in [2.05, 4.69) is 0 Å². The van der Waals surface area contributed by atoms with E-state index >= 15 is 0 Å². The average molecular weight is 312 g/mol. The Kier molecular flexibility index (Phi) is 4.44. The van der Waals surface area contributed by atoms with E-state index in [9.17, 15) is 19.4 Å². The minimum absolute atomic E-state index is 0.159. The predicted octanol–water partition coefficient (Wildman–Crippen LogP) is 2.63. The first-order chi connectivity index (χ1) is 10.2. The Hall–Kier alpha value is -1.66. The topological polar surface area (TPSA) is 66.8 Å². The average Bonchev–Trinajstić information content (AvgIpc) is 2.76. The molecule has 6 heteroatoms. The molecule has 1 unspecified atom stereocenters. The second kappa shape index (κ2) is 5.85. The number of halogens is 1. The lowest BCUT2D eigenvalue weighted by Crippen LogP contribution is -2.67. The molecule has 1 amide bonds. The summed E-state index contributed by atoms with van der Waals surface area (Å²) in [4.78, 5) is 11.9. The number of aliphatic hydroxyl groups is 1. The van der Waals surface area contributed by atoms with Gasteiger partial charge < -0.3 is 14.9 Å². The van der Waals surface area contributed by atoms with E-state index in [4.69, 9.17) is 4.74 Å². The van der Waals surface area contributed by atoms with Gasteiger partial charge in [-0.25, -0.2) is 8.87 Å². The molecule has 1 fully saturated rings. The first kappa shape index (κ1) is 16.7. The fraction of sp³-hybridized carbons (Fsp3) is 0.562. The Bertz CT molecular complexity index is 540. The van der Waals surface area contributed by atoms with Gasteiger partial charge in [0.1, 0.15) is 42.4 Å². The van der Waals surface area contributed by atoms with E-state index in [1.165, 1.54) is 24.3 Å². The van der Waals surface area contributed by atoms with E-state index in [1.807, 2.05) is 20.8 Å². The molecule has 3 atom stereocenters. The lowest BCUT2D eigenvalue weighted by molar-refractivity contribution is -0.915.